The summed E-state index contributed by atoms with van der Waals surface area (Å²) in [6.07, 6.45) is 4.66. The van der Waals surface area contributed by atoms with Crippen molar-refractivity contribution in [2.24, 2.45) is 0 Å². The molecule has 1 heterocycles. The predicted molar refractivity (Wildman–Crippen MR) is 158 cm³/mol. The lowest BCUT2D eigenvalue weighted by Gasteiger charge is -2.28. The van der Waals surface area contributed by atoms with Crippen LogP contribution in [0, 0.1) is 41.5 Å². The molecule has 0 bridgehead atoms. The molecule has 4 aromatic carbocycles. The number of rotatable bonds is 2. The minimum atomic E-state index is -1.96. The monoisotopic (exact) mass is 472 g/mol. The van der Waals surface area contributed by atoms with Gasteiger partial charge in [0, 0.05) is 0 Å². The molecular formula is C34H36Si. The van der Waals surface area contributed by atoms with Gasteiger partial charge in [0.15, 0.2) is 0 Å². The van der Waals surface area contributed by atoms with Gasteiger partial charge in [-0.25, -0.2) is 0 Å². The molecule has 0 spiro atoms. The van der Waals surface area contributed by atoms with Crippen LogP contribution in [0.5, 0.6) is 0 Å². The van der Waals surface area contributed by atoms with Crippen LogP contribution in [0.1, 0.15) is 44.5 Å². The highest BCUT2D eigenvalue weighted by molar-refractivity contribution is 7.01. The highest BCUT2D eigenvalue weighted by Crippen LogP contribution is 2.32. The van der Waals surface area contributed by atoms with E-state index in [0.29, 0.717) is 0 Å². The van der Waals surface area contributed by atoms with Crippen LogP contribution in [0.25, 0.3) is 34.4 Å². The molecule has 4 aromatic rings. The van der Waals surface area contributed by atoms with Crippen molar-refractivity contribution in [3.8, 4) is 22.3 Å². The molecule has 0 saturated heterocycles. The van der Waals surface area contributed by atoms with Gasteiger partial charge in [0.2, 0.25) is 0 Å². The summed E-state index contributed by atoms with van der Waals surface area (Å²) in [4.78, 5) is 0. The molecule has 176 valence electrons. The summed E-state index contributed by atoms with van der Waals surface area (Å²) in [5.41, 5.74) is 16.3. The first-order valence-corrected chi connectivity index (χ1v) is 15.7. The van der Waals surface area contributed by atoms with Crippen molar-refractivity contribution in [2.45, 2.75) is 54.6 Å². The van der Waals surface area contributed by atoms with Gasteiger partial charge in [-0.1, -0.05) is 97.0 Å². The van der Waals surface area contributed by atoms with Crippen LogP contribution in [0.3, 0.4) is 0 Å². The minimum Gasteiger partial charge on any atom is -0.0616 e. The Morgan fingerprint density at radius 2 is 0.800 bits per heavy atom. The van der Waals surface area contributed by atoms with E-state index in [2.05, 4.69) is 127 Å². The van der Waals surface area contributed by atoms with E-state index >= 15 is 0 Å². The zero-order valence-corrected chi connectivity index (χ0v) is 23.4. The predicted octanol–water partition coefficient (Wildman–Crippen LogP) is 8.18. The molecule has 0 amide bonds. The zero-order chi connectivity index (χ0) is 25.1. The number of fused-ring (bicyclic) bond motifs is 2. The highest BCUT2D eigenvalue weighted by atomic mass is 28.3. The SMILES string of the molecule is Cc1cc(C)c(-c2ccc3c(c2)[Si](C)(C)c2cc(-c4c(C)cc(C)cc4C)ccc2C=C3)c(C)c1. The minimum absolute atomic E-state index is 1.33. The van der Waals surface area contributed by atoms with E-state index in [1.807, 2.05) is 0 Å². The van der Waals surface area contributed by atoms with E-state index in [9.17, 15) is 0 Å². The molecule has 0 N–H and O–H groups in total. The first-order valence-electron chi connectivity index (χ1n) is 12.7. The van der Waals surface area contributed by atoms with E-state index in [4.69, 9.17) is 0 Å². The second-order valence-electron chi connectivity index (χ2n) is 11.1. The zero-order valence-electron chi connectivity index (χ0n) is 22.4. The molecule has 0 unspecified atom stereocenters. The maximum absolute atomic E-state index is 2.52. The van der Waals surface area contributed by atoms with E-state index in [-0.39, 0.29) is 0 Å². The van der Waals surface area contributed by atoms with Gasteiger partial charge in [-0.3, -0.25) is 0 Å². The molecule has 0 aliphatic carbocycles. The molecule has 1 aliphatic heterocycles. The Hall–Kier alpha value is -3.16. The summed E-state index contributed by atoms with van der Waals surface area (Å²) in [6, 6.07) is 23.6. The fourth-order valence-corrected chi connectivity index (χ4v) is 9.49. The Morgan fingerprint density at radius 3 is 1.14 bits per heavy atom. The van der Waals surface area contributed by atoms with Gasteiger partial charge in [-0.2, -0.15) is 0 Å². The lowest BCUT2D eigenvalue weighted by atomic mass is 9.93. The molecule has 0 saturated carbocycles. The average Bonchev–Trinajstić information content (AvgIpc) is 2.87. The summed E-state index contributed by atoms with van der Waals surface area (Å²) >= 11 is 0. The largest absolute Gasteiger partial charge is 0.113 e. The Labute approximate surface area is 212 Å². The van der Waals surface area contributed by atoms with Gasteiger partial charge in [0.25, 0.3) is 0 Å². The molecule has 1 aliphatic rings. The molecule has 5 rings (SSSR count). The lowest BCUT2D eigenvalue weighted by molar-refractivity contribution is 1.32. The van der Waals surface area contributed by atoms with Crippen molar-refractivity contribution in [3.05, 3.63) is 105 Å². The summed E-state index contributed by atoms with van der Waals surface area (Å²) < 4.78 is 0. The maximum Gasteiger partial charge on any atom is 0.113 e. The third-order valence-corrected chi connectivity index (χ3v) is 11.4. The van der Waals surface area contributed by atoms with Crippen molar-refractivity contribution in [2.75, 3.05) is 0 Å². The Morgan fingerprint density at radius 1 is 0.457 bits per heavy atom. The number of hydrogen-bond acceptors (Lipinski definition) is 0. The molecule has 0 fully saturated rings. The standard InChI is InChI=1S/C34H36Si/c1-21-15-23(3)33(24(4)16-21)29-13-11-27-9-10-28-12-14-30(20-32(28)35(7,8)31(27)19-29)34-25(5)17-22(2)18-26(34)6/h9-20H,1-8H3. The number of aryl methyl sites for hydroxylation is 6. The molecule has 0 nitrogen and oxygen atoms in total. The summed E-state index contributed by atoms with van der Waals surface area (Å²) in [5, 5.41) is 3.05. The summed E-state index contributed by atoms with van der Waals surface area (Å²) in [7, 11) is -1.96. The molecule has 0 atom stereocenters. The van der Waals surface area contributed by atoms with Gasteiger partial charge in [-0.05, 0) is 108 Å². The second-order valence-corrected chi connectivity index (χ2v) is 15.4. The summed E-state index contributed by atoms with van der Waals surface area (Å²) in [5.74, 6) is 0. The fraction of sp³-hybridized carbons (Fsp3) is 0.235. The van der Waals surface area contributed by atoms with E-state index in [1.54, 1.807) is 0 Å². The molecule has 1 heteroatoms. The van der Waals surface area contributed by atoms with Gasteiger partial charge in [0.1, 0.15) is 8.07 Å². The van der Waals surface area contributed by atoms with Crippen LogP contribution in [0.4, 0.5) is 0 Å². The molecular weight excluding hydrogens is 436 g/mol. The van der Waals surface area contributed by atoms with Crippen molar-refractivity contribution in [1.82, 2.24) is 0 Å². The summed E-state index contributed by atoms with van der Waals surface area (Å²) in [6.45, 7) is 18.4. The van der Waals surface area contributed by atoms with Gasteiger partial charge >= 0.3 is 0 Å². The first kappa shape index (κ1) is 23.6. The Kier molecular flexibility index (Phi) is 5.72. The topological polar surface area (TPSA) is 0 Å². The van der Waals surface area contributed by atoms with Crippen molar-refractivity contribution in [3.63, 3.8) is 0 Å². The van der Waals surface area contributed by atoms with Crippen molar-refractivity contribution < 1.29 is 0 Å². The molecule has 35 heavy (non-hydrogen) atoms. The number of benzene rings is 4. The van der Waals surface area contributed by atoms with Gasteiger partial charge in [0.05, 0.1) is 0 Å². The van der Waals surface area contributed by atoms with Gasteiger partial charge < -0.3 is 0 Å². The van der Waals surface area contributed by atoms with Crippen molar-refractivity contribution >= 4 is 30.6 Å². The maximum atomic E-state index is 2.52. The molecule has 0 radical (unpaired) electrons. The normalized spacial score (nSPS) is 13.8. The Bertz CT molecular complexity index is 1360. The van der Waals surface area contributed by atoms with Crippen LogP contribution < -0.4 is 10.4 Å². The van der Waals surface area contributed by atoms with Crippen LogP contribution in [-0.4, -0.2) is 8.07 Å². The first-order chi connectivity index (χ1) is 16.6. The van der Waals surface area contributed by atoms with Crippen LogP contribution >= 0.6 is 0 Å². The van der Waals surface area contributed by atoms with Crippen LogP contribution in [0.15, 0.2) is 60.7 Å². The molecule has 0 aromatic heterocycles. The fourth-order valence-electron chi connectivity index (χ4n) is 6.39. The van der Waals surface area contributed by atoms with E-state index in [0.717, 1.165) is 0 Å². The van der Waals surface area contributed by atoms with Crippen LogP contribution in [-0.2, 0) is 0 Å². The van der Waals surface area contributed by atoms with Crippen LogP contribution in [0.2, 0.25) is 13.1 Å². The quantitative estimate of drug-likeness (QED) is 0.258. The lowest BCUT2D eigenvalue weighted by Crippen LogP contribution is -2.54. The van der Waals surface area contributed by atoms with E-state index < -0.39 is 8.07 Å². The van der Waals surface area contributed by atoms with Crippen molar-refractivity contribution in [1.29, 1.82) is 0 Å². The third kappa shape index (κ3) is 4.02. The smallest absolute Gasteiger partial charge is 0.0616 e. The van der Waals surface area contributed by atoms with E-state index in [1.165, 1.54) is 77.1 Å². The Balaban J connectivity index is 1.69. The average molecular weight is 473 g/mol. The number of hydrogen-bond donors (Lipinski definition) is 0. The second kappa shape index (κ2) is 8.50. The van der Waals surface area contributed by atoms with Gasteiger partial charge in [-0.15, -0.1) is 0 Å². The third-order valence-electron chi connectivity index (χ3n) is 7.83. The highest BCUT2D eigenvalue weighted by Gasteiger charge is 2.32.